The molecule has 23 heavy (non-hydrogen) atoms. The lowest BCUT2D eigenvalue weighted by molar-refractivity contribution is -0.120. The van der Waals surface area contributed by atoms with Crippen molar-refractivity contribution in [3.8, 4) is 0 Å². The number of hydrogen-bond acceptors (Lipinski definition) is 4. The van der Waals surface area contributed by atoms with Crippen molar-refractivity contribution < 1.29 is 14.3 Å². The molecule has 0 aliphatic carbocycles. The Kier molecular flexibility index (Phi) is 5.57. The van der Waals surface area contributed by atoms with Crippen LogP contribution in [-0.4, -0.2) is 41.3 Å². The molecule has 1 aromatic rings. The van der Waals surface area contributed by atoms with E-state index in [4.69, 9.17) is 4.74 Å². The van der Waals surface area contributed by atoms with Crippen LogP contribution in [0.3, 0.4) is 0 Å². The Morgan fingerprint density at radius 1 is 1.35 bits per heavy atom. The van der Waals surface area contributed by atoms with Crippen LogP contribution in [0.4, 0.5) is 10.5 Å². The van der Waals surface area contributed by atoms with Crippen LogP contribution in [0.1, 0.15) is 33.6 Å². The lowest BCUT2D eigenvalue weighted by atomic mass is 10.2. The van der Waals surface area contributed by atoms with Gasteiger partial charge in [-0.2, -0.15) is 0 Å². The van der Waals surface area contributed by atoms with Gasteiger partial charge in [0.05, 0.1) is 0 Å². The van der Waals surface area contributed by atoms with Crippen molar-refractivity contribution in [1.82, 2.24) is 4.90 Å². The normalized spacial score (nSPS) is 17.9. The second kappa shape index (κ2) is 7.25. The number of likely N-dealkylation sites (tertiary alicyclic amines) is 1. The largest absolute Gasteiger partial charge is 0.444 e. The Morgan fingerprint density at radius 3 is 2.74 bits per heavy atom. The topological polar surface area (TPSA) is 58.6 Å². The van der Waals surface area contributed by atoms with Crippen molar-refractivity contribution in [3.05, 3.63) is 24.3 Å². The molecule has 1 heterocycles. The Hall–Kier alpha value is -1.69. The van der Waals surface area contributed by atoms with E-state index < -0.39 is 17.7 Å². The number of carbonyl (C=O) groups excluding carboxylic acids is 2. The molecule has 0 saturated carbocycles. The van der Waals surface area contributed by atoms with Crippen LogP contribution in [0.15, 0.2) is 29.2 Å². The van der Waals surface area contributed by atoms with Crippen molar-refractivity contribution >= 4 is 29.4 Å². The second-order valence-corrected chi connectivity index (χ2v) is 7.43. The van der Waals surface area contributed by atoms with Crippen LogP contribution in [0.2, 0.25) is 0 Å². The quantitative estimate of drug-likeness (QED) is 0.854. The number of nitrogens with one attached hydrogen (secondary N) is 1. The van der Waals surface area contributed by atoms with Gasteiger partial charge in [0.1, 0.15) is 11.6 Å². The summed E-state index contributed by atoms with van der Waals surface area (Å²) in [5.41, 5.74) is 0.186. The summed E-state index contributed by atoms with van der Waals surface area (Å²) >= 11 is 1.62. The molecule has 1 saturated heterocycles. The third-order valence-electron chi connectivity index (χ3n) is 3.52. The van der Waals surface area contributed by atoms with Crippen molar-refractivity contribution in [2.45, 2.75) is 50.2 Å². The number of carbonyl (C=O) groups is 2. The van der Waals surface area contributed by atoms with E-state index in [-0.39, 0.29) is 5.91 Å². The zero-order valence-electron chi connectivity index (χ0n) is 14.1. The molecule has 0 bridgehead atoms. The van der Waals surface area contributed by atoms with Gasteiger partial charge in [-0.25, -0.2) is 4.79 Å². The molecule has 1 atom stereocenters. The van der Waals surface area contributed by atoms with Gasteiger partial charge in [0.2, 0.25) is 5.91 Å². The highest BCUT2D eigenvalue weighted by atomic mass is 32.2. The fraction of sp³-hybridized carbons (Fsp3) is 0.529. The highest BCUT2D eigenvalue weighted by Gasteiger charge is 2.36. The third-order valence-corrected chi connectivity index (χ3v) is 4.25. The molecule has 2 rings (SSSR count). The molecule has 5 nitrogen and oxygen atoms in total. The van der Waals surface area contributed by atoms with Crippen molar-refractivity contribution in [1.29, 1.82) is 0 Å². The summed E-state index contributed by atoms with van der Waals surface area (Å²) in [4.78, 5) is 27.4. The minimum atomic E-state index is -0.562. The van der Waals surface area contributed by atoms with Crippen LogP contribution in [0, 0.1) is 0 Å². The fourth-order valence-corrected chi connectivity index (χ4v) is 2.96. The Labute approximate surface area is 141 Å². The van der Waals surface area contributed by atoms with Gasteiger partial charge < -0.3 is 10.1 Å². The molecule has 0 radical (unpaired) electrons. The van der Waals surface area contributed by atoms with Gasteiger partial charge in [-0.15, -0.1) is 11.8 Å². The molecular weight excluding hydrogens is 312 g/mol. The zero-order valence-corrected chi connectivity index (χ0v) is 14.9. The van der Waals surface area contributed by atoms with Crippen LogP contribution in [-0.2, 0) is 9.53 Å². The summed E-state index contributed by atoms with van der Waals surface area (Å²) in [5.74, 6) is -0.161. The van der Waals surface area contributed by atoms with Gasteiger partial charge >= 0.3 is 6.09 Å². The zero-order chi connectivity index (χ0) is 17.0. The molecule has 0 aromatic heterocycles. The van der Waals surface area contributed by atoms with E-state index >= 15 is 0 Å². The number of amides is 2. The van der Waals surface area contributed by atoms with Crippen molar-refractivity contribution in [2.75, 3.05) is 18.1 Å². The molecule has 0 unspecified atom stereocenters. The summed E-state index contributed by atoms with van der Waals surface area (Å²) in [6, 6.07) is 7.20. The van der Waals surface area contributed by atoms with Gasteiger partial charge in [-0.05, 0) is 58.1 Å². The van der Waals surface area contributed by atoms with Crippen LogP contribution >= 0.6 is 11.8 Å². The maximum atomic E-state index is 12.5. The standard InChI is InChI=1S/C17H24N2O3S/c1-17(2,3)22-16(21)19-10-6-9-14(19)15(20)18-12-7-5-8-13(11-12)23-4/h5,7-8,11,14H,6,9-10H2,1-4H3,(H,18,20)/t14-/m1/s1. The van der Waals surface area contributed by atoms with Gasteiger partial charge in [0.15, 0.2) is 0 Å². The monoisotopic (exact) mass is 336 g/mol. The smallest absolute Gasteiger partial charge is 0.410 e. The summed E-state index contributed by atoms with van der Waals surface area (Å²) in [5, 5.41) is 2.90. The van der Waals surface area contributed by atoms with Crippen molar-refractivity contribution in [3.63, 3.8) is 0 Å². The Morgan fingerprint density at radius 2 is 2.09 bits per heavy atom. The van der Waals surface area contributed by atoms with E-state index in [0.717, 1.165) is 17.0 Å². The molecule has 126 valence electrons. The molecule has 6 heteroatoms. The van der Waals surface area contributed by atoms with Gasteiger partial charge in [-0.3, -0.25) is 9.69 Å². The van der Waals surface area contributed by atoms with Crippen molar-refractivity contribution in [2.24, 2.45) is 0 Å². The number of nitrogens with zero attached hydrogens (tertiary/aromatic N) is 1. The molecule has 1 aliphatic rings. The lowest BCUT2D eigenvalue weighted by Crippen LogP contribution is -2.45. The maximum Gasteiger partial charge on any atom is 0.410 e. The average Bonchev–Trinajstić information content (AvgIpc) is 2.95. The predicted octanol–water partition coefficient (Wildman–Crippen LogP) is 3.75. The van der Waals surface area contributed by atoms with E-state index in [1.807, 2.05) is 51.3 Å². The first kappa shape index (κ1) is 17.7. The summed E-state index contributed by atoms with van der Waals surface area (Å²) in [6.45, 7) is 6.02. The highest BCUT2D eigenvalue weighted by molar-refractivity contribution is 7.98. The Balaban J connectivity index is 2.04. The molecule has 0 spiro atoms. The highest BCUT2D eigenvalue weighted by Crippen LogP contribution is 2.23. The van der Waals surface area contributed by atoms with Crippen LogP contribution in [0.25, 0.3) is 0 Å². The van der Waals surface area contributed by atoms with E-state index in [2.05, 4.69) is 5.32 Å². The Bertz CT molecular complexity index is 583. The molecule has 1 aromatic carbocycles. The van der Waals surface area contributed by atoms with Gasteiger partial charge in [-0.1, -0.05) is 6.07 Å². The van der Waals surface area contributed by atoms with E-state index in [0.29, 0.717) is 13.0 Å². The SMILES string of the molecule is CSc1cccc(NC(=O)[C@H]2CCCN2C(=O)OC(C)(C)C)c1. The predicted molar refractivity (Wildman–Crippen MR) is 92.8 cm³/mol. The number of anilines is 1. The maximum absolute atomic E-state index is 12.5. The number of hydrogen-bond donors (Lipinski definition) is 1. The van der Waals surface area contributed by atoms with Gasteiger partial charge in [0, 0.05) is 17.1 Å². The van der Waals surface area contributed by atoms with E-state index in [1.54, 1.807) is 11.8 Å². The molecule has 1 N–H and O–H groups in total. The fourth-order valence-electron chi connectivity index (χ4n) is 2.50. The minimum Gasteiger partial charge on any atom is -0.444 e. The molecule has 1 fully saturated rings. The molecular formula is C17H24N2O3S. The summed E-state index contributed by atoms with van der Waals surface area (Å²) in [6.07, 6.45) is 3.03. The van der Waals surface area contributed by atoms with Gasteiger partial charge in [0.25, 0.3) is 0 Å². The number of benzene rings is 1. The lowest BCUT2D eigenvalue weighted by Gasteiger charge is -2.28. The summed E-state index contributed by atoms with van der Waals surface area (Å²) in [7, 11) is 0. The van der Waals surface area contributed by atoms with E-state index in [9.17, 15) is 9.59 Å². The first-order chi connectivity index (χ1) is 10.8. The molecule has 2 amide bonds. The summed E-state index contributed by atoms with van der Waals surface area (Å²) < 4.78 is 5.39. The van der Waals surface area contributed by atoms with Crippen LogP contribution < -0.4 is 5.32 Å². The first-order valence-electron chi connectivity index (χ1n) is 7.75. The number of thioether (sulfide) groups is 1. The number of rotatable bonds is 3. The van der Waals surface area contributed by atoms with E-state index in [1.165, 1.54) is 4.90 Å². The molecule has 1 aliphatic heterocycles. The van der Waals surface area contributed by atoms with Crippen LogP contribution in [0.5, 0.6) is 0 Å². The minimum absolute atomic E-state index is 0.161. The average molecular weight is 336 g/mol. The second-order valence-electron chi connectivity index (χ2n) is 6.55. The third kappa shape index (κ3) is 4.89. The number of ether oxygens (including phenoxy) is 1. The first-order valence-corrected chi connectivity index (χ1v) is 8.97.